The fraction of sp³-hybridized carbons (Fsp3) is 0.241. The monoisotopic (exact) mass is 538 g/mol. The van der Waals surface area contributed by atoms with Crippen molar-refractivity contribution in [1.29, 1.82) is 0 Å². The van der Waals surface area contributed by atoms with E-state index >= 15 is 4.39 Å². The van der Waals surface area contributed by atoms with E-state index in [4.69, 9.17) is 0 Å². The van der Waals surface area contributed by atoms with Crippen LogP contribution in [-0.4, -0.2) is 6.36 Å². The van der Waals surface area contributed by atoms with Crippen LogP contribution in [0, 0.1) is 29.1 Å². The molecule has 4 rings (SSSR count). The molecule has 1 nitrogen and oxygen atoms in total. The normalized spacial score (nSPS) is 11.8. The van der Waals surface area contributed by atoms with Gasteiger partial charge in [0, 0.05) is 10.9 Å². The van der Waals surface area contributed by atoms with Crippen LogP contribution in [-0.2, 0) is 32.1 Å². The maximum Gasteiger partial charge on any atom is 0.573 e. The molecule has 0 saturated heterocycles. The average molecular weight is 538 g/mol. The van der Waals surface area contributed by atoms with Crippen molar-refractivity contribution in [2.45, 2.75) is 45.4 Å². The fourth-order valence-electron chi connectivity index (χ4n) is 4.35. The molecule has 0 atom stereocenters. The maximum atomic E-state index is 15.1. The molecule has 38 heavy (non-hydrogen) atoms. The van der Waals surface area contributed by atoms with E-state index in [0.717, 1.165) is 17.7 Å². The number of aryl methyl sites for hydroxylation is 4. The van der Waals surface area contributed by atoms with Gasteiger partial charge in [-0.05, 0) is 84.0 Å². The van der Waals surface area contributed by atoms with Crippen molar-refractivity contribution in [3.8, 4) is 5.75 Å². The van der Waals surface area contributed by atoms with Crippen molar-refractivity contribution in [3.05, 3.63) is 112 Å². The van der Waals surface area contributed by atoms with E-state index in [9.17, 15) is 30.7 Å². The molecule has 0 spiro atoms. The minimum absolute atomic E-state index is 0.00491. The molecule has 9 heteroatoms. The van der Waals surface area contributed by atoms with E-state index in [2.05, 4.69) is 4.74 Å². The van der Waals surface area contributed by atoms with Crippen LogP contribution in [0.1, 0.15) is 34.7 Å². The zero-order valence-electron chi connectivity index (χ0n) is 20.2. The van der Waals surface area contributed by atoms with Gasteiger partial charge in [0.1, 0.15) is 17.5 Å². The zero-order valence-corrected chi connectivity index (χ0v) is 20.2. The van der Waals surface area contributed by atoms with Crippen LogP contribution in [0.3, 0.4) is 0 Å². The molecule has 0 fully saturated rings. The van der Waals surface area contributed by atoms with Gasteiger partial charge in [-0.15, -0.1) is 13.2 Å². The van der Waals surface area contributed by atoms with Gasteiger partial charge in [0.05, 0.1) is 0 Å². The minimum Gasteiger partial charge on any atom is -0.399 e. The highest BCUT2D eigenvalue weighted by Crippen LogP contribution is 2.30. The number of benzene rings is 4. The average Bonchev–Trinajstić information content (AvgIpc) is 2.84. The Bertz CT molecular complexity index is 1430. The summed E-state index contributed by atoms with van der Waals surface area (Å²) in [5.41, 5.74) is 1.62. The summed E-state index contributed by atoms with van der Waals surface area (Å²) < 4.78 is 112. The van der Waals surface area contributed by atoms with Crippen molar-refractivity contribution in [2.75, 3.05) is 0 Å². The molecule has 0 bridgehead atoms. The summed E-state index contributed by atoms with van der Waals surface area (Å²) in [6, 6.07) is 12.2. The first kappa shape index (κ1) is 27.4. The molecule has 0 amide bonds. The van der Waals surface area contributed by atoms with Crippen LogP contribution in [0.15, 0.2) is 54.6 Å². The first-order valence-corrected chi connectivity index (χ1v) is 11.9. The van der Waals surface area contributed by atoms with E-state index in [1.807, 2.05) is 6.92 Å². The van der Waals surface area contributed by atoms with E-state index in [-0.39, 0.29) is 36.0 Å². The molecule has 0 N–H and O–H groups in total. The molecular weight excluding hydrogens is 516 g/mol. The lowest BCUT2D eigenvalue weighted by atomic mass is 9.96. The summed E-state index contributed by atoms with van der Waals surface area (Å²) in [7, 11) is 0. The van der Waals surface area contributed by atoms with Crippen LogP contribution in [0.2, 0.25) is 0 Å². The molecule has 0 radical (unpaired) electrons. The van der Waals surface area contributed by atoms with Crippen molar-refractivity contribution >= 4 is 10.8 Å². The highest BCUT2D eigenvalue weighted by Gasteiger charge is 2.34. The number of rotatable bonds is 8. The Morgan fingerprint density at radius 2 is 1.24 bits per heavy atom. The van der Waals surface area contributed by atoms with Gasteiger partial charge in [0.25, 0.3) is 0 Å². The summed E-state index contributed by atoms with van der Waals surface area (Å²) in [4.78, 5) is 0. The first-order valence-electron chi connectivity index (χ1n) is 11.9. The molecule has 0 saturated carbocycles. The van der Waals surface area contributed by atoms with Gasteiger partial charge in [0.2, 0.25) is 5.75 Å². The molecule has 0 aliphatic carbocycles. The lowest BCUT2D eigenvalue weighted by Crippen LogP contribution is -2.19. The van der Waals surface area contributed by atoms with Crippen molar-refractivity contribution in [1.82, 2.24) is 0 Å². The molecule has 4 aromatic rings. The van der Waals surface area contributed by atoms with Gasteiger partial charge in [0.15, 0.2) is 11.6 Å². The van der Waals surface area contributed by atoms with Crippen LogP contribution in [0.25, 0.3) is 10.8 Å². The molecule has 4 aromatic carbocycles. The minimum atomic E-state index is -5.25. The molecule has 0 aromatic heterocycles. The van der Waals surface area contributed by atoms with E-state index in [0.29, 0.717) is 29.2 Å². The molecule has 0 unspecified atom stereocenters. The van der Waals surface area contributed by atoms with Crippen molar-refractivity contribution in [3.63, 3.8) is 0 Å². The fourth-order valence-corrected chi connectivity index (χ4v) is 4.35. The number of hydrogen-bond donors (Lipinski definition) is 0. The molecule has 0 aliphatic heterocycles. The molecule has 200 valence electrons. The zero-order chi connectivity index (χ0) is 27.6. The van der Waals surface area contributed by atoms with Crippen LogP contribution >= 0.6 is 0 Å². The summed E-state index contributed by atoms with van der Waals surface area (Å²) in [6.07, 6.45) is -4.26. The van der Waals surface area contributed by atoms with Gasteiger partial charge < -0.3 is 4.74 Å². The Morgan fingerprint density at radius 1 is 0.632 bits per heavy atom. The Labute approximate surface area is 213 Å². The lowest BCUT2D eigenvalue weighted by molar-refractivity contribution is -0.276. The predicted octanol–water partition coefficient (Wildman–Crippen LogP) is 8.57. The Balaban J connectivity index is 1.47. The summed E-state index contributed by atoms with van der Waals surface area (Å²) >= 11 is 0. The number of fused-ring (bicyclic) bond motifs is 1. The van der Waals surface area contributed by atoms with Crippen molar-refractivity contribution < 1.29 is 39.9 Å². The maximum absolute atomic E-state index is 15.1. The van der Waals surface area contributed by atoms with Crippen LogP contribution < -0.4 is 4.74 Å². The topological polar surface area (TPSA) is 9.23 Å². The molecule has 0 aliphatic rings. The lowest BCUT2D eigenvalue weighted by Gasteiger charge is -2.12. The van der Waals surface area contributed by atoms with Gasteiger partial charge in [-0.1, -0.05) is 37.3 Å². The van der Waals surface area contributed by atoms with Crippen LogP contribution in [0.5, 0.6) is 5.75 Å². The van der Waals surface area contributed by atoms with Gasteiger partial charge >= 0.3 is 6.36 Å². The van der Waals surface area contributed by atoms with E-state index < -0.39 is 41.2 Å². The van der Waals surface area contributed by atoms with E-state index in [1.165, 1.54) is 18.2 Å². The smallest absolute Gasteiger partial charge is 0.399 e. The third-order valence-electron chi connectivity index (χ3n) is 6.33. The SMILES string of the molecule is CCc1cc(F)c(CCc2ccc3c(F)c(CCc4cc(F)c(OC(F)(F)F)c(F)c4)ccc3c2)c(F)c1. The highest BCUT2D eigenvalue weighted by atomic mass is 19.4. The standard InChI is InChI=1S/C29H22F8O/c1-2-16-12-23(30)22(24(31)13-16)10-5-17-4-9-21-20(11-17)8-7-19(27(21)34)6-3-18-14-25(32)28(26(33)15-18)38-29(35,36)37/h4,7-9,11-15H,2-3,5-6,10H2,1H3. The summed E-state index contributed by atoms with van der Waals surface area (Å²) in [5.74, 6) is -6.30. The third-order valence-corrected chi connectivity index (χ3v) is 6.33. The number of alkyl halides is 3. The largest absolute Gasteiger partial charge is 0.573 e. The Hall–Kier alpha value is -3.62. The van der Waals surface area contributed by atoms with Crippen LogP contribution in [0.4, 0.5) is 35.1 Å². The first-order chi connectivity index (χ1) is 17.9. The second kappa shape index (κ2) is 11.0. The van der Waals surface area contributed by atoms with Gasteiger partial charge in [-0.3, -0.25) is 0 Å². The quantitative estimate of drug-likeness (QED) is 0.204. The van der Waals surface area contributed by atoms with Crippen molar-refractivity contribution in [2.24, 2.45) is 0 Å². The Kier molecular flexibility index (Phi) is 7.94. The number of hydrogen-bond acceptors (Lipinski definition) is 1. The third kappa shape index (κ3) is 6.26. The molecule has 0 heterocycles. The molecular formula is C29H22F8O. The summed E-state index contributed by atoms with van der Waals surface area (Å²) in [5, 5.41) is 0.860. The second-order valence-electron chi connectivity index (χ2n) is 8.92. The number of halogens is 8. The predicted molar refractivity (Wildman–Crippen MR) is 127 cm³/mol. The second-order valence-corrected chi connectivity index (χ2v) is 8.92. The highest BCUT2D eigenvalue weighted by molar-refractivity contribution is 5.84. The Morgan fingerprint density at radius 3 is 1.84 bits per heavy atom. The van der Waals surface area contributed by atoms with E-state index in [1.54, 1.807) is 24.3 Å². The number of ether oxygens (including phenoxy) is 1. The summed E-state index contributed by atoms with van der Waals surface area (Å²) in [6.45, 7) is 1.81. The van der Waals surface area contributed by atoms with Gasteiger partial charge in [-0.25, -0.2) is 22.0 Å². The van der Waals surface area contributed by atoms with Gasteiger partial charge in [-0.2, -0.15) is 0 Å².